The van der Waals surface area contributed by atoms with Gasteiger partial charge in [0.2, 0.25) is 0 Å². The first-order valence-corrected chi connectivity index (χ1v) is 4.65. The van der Waals surface area contributed by atoms with Gasteiger partial charge in [-0.05, 0) is 0 Å². The van der Waals surface area contributed by atoms with Crippen LogP contribution in [0.5, 0.6) is 0 Å². The summed E-state index contributed by atoms with van der Waals surface area (Å²) in [5, 5.41) is 9.65. The van der Waals surface area contributed by atoms with Crippen LogP contribution in [-0.4, -0.2) is 28.1 Å². The average molecular weight is 254 g/mol. The summed E-state index contributed by atoms with van der Waals surface area (Å²) in [5.74, 6) is -3.26. The molecule has 0 spiro atoms. The monoisotopic (exact) mass is 254 g/mol. The van der Waals surface area contributed by atoms with Crippen molar-refractivity contribution in [3.8, 4) is 0 Å². The van der Waals surface area contributed by atoms with Crippen LogP contribution in [0, 0.1) is 0 Å². The topological polar surface area (TPSA) is 79.3 Å². The van der Waals surface area contributed by atoms with Gasteiger partial charge in [0.05, 0.1) is 6.42 Å². The smallest absolute Gasteiger partial charge is 0.471 e. The Bertz CT molecular complexity index is 415. The number of halogens is 3. The van der Waals surface area contributed by atoms with Crippen LogP contribution in [0.3, 0.4) is 0 Å². The molecular weight excluding hydrogens is 249 g/mol. The predicted molar refractivity (Wildman–Crippen MR) is 48.1 cm³/mol. The fraction of sp³-hybridized carbons (Fsp3) is 0.286. The van der Waals surface area contributed by atoms with Crippen LogP contribution in [0.25, 0.3) is 0 Å². The molecule has 0 aliphatic carbocycles. The molecule has 2 N–H and O–H groups in total. The molecule has 9 heteroatoms. The van der Waals surface area contributed by atoms with Gasteiger partial charge in [0.1, 0.15) is 0 Å². The number of aliphatic carboxylic acids is 1. The van der Waals surface area contributed by atoms with Gasteiger partial charge in [-0.25, -0.2) is 4.98 Å². The van der Waals surface area contributed by atoms with Crippen molar-refractivity contribution in [1.29, 1.82) is 0 Å². The van der Waals surface area contributed by atoms with Crippen molar-refractivity contribution in [2.24, 2.45) is 0 Å². The zero-order valence-corrected chi connectivity index (χ0v) is 8.35. The Kier molecular flexibility index (Phi) is 3.48. The Morgan fingerprint density at radius 3 is 2.62 bits per heavy atom. The van der Waals surface area contributed by atoms with Gasteiger partial charge in [-0.3, -0.25) is 14.9 Å². The summed E-state index contributed by atoms with van der Waals surface area (Å²) in [6.07, 6.45) is -4.23. The number of thiazole rings is 1. The highest BCUT2D eigenvalue weighted by Gasteiger charge is 2.39. The van der Waals surface area contributed by atoms with Crippen LogP contribution in [0.1, 0.15) is 4.88 Å². The van der Waals surface area contributed by atoms with Crippen LogP contribution in [-0.2, 0) is 16.0 Å². The van der Waals surface area contributed by atoms with E-state index in [0.29, 0.717) is 11.3 Å². The second-order valence-corrected chi connectivity index (χ2v) is 3.77. The number of aromatic nitrogens is 1. The van der Waals surface area contributed by atoms with E-state index in [1.807, 2.05) is 0 Å². The minimum atomic E-state index is -4.99. The molecule has 0 aliphatic rings. The summed E-state index contributed by atoms with van der Waals surface area (Å²) in [7, 11) is 0. The summed E-state index contributed by atoms with van der Waals surface area (Å²) < 4.78 is 35.5. The molecule has 0 unspecified atom stereocenters. The Balaban J connectivity index is 2.66. The van der Waals surface area contributed by atoms with E-state index in [-0.39, 0.29) is 16.4 Å². The number of carboxylic acid groups (broad SMARTS) is 1. The van der Waals surface area contributed by atoms with Gasteiger partial charge in [-0.1, -0.05) is 0 Å². The van der Waals surface area contributed by atoms with Crippen molar-refractivity contribution < 1.29 is 27.9 Å². The zero-order valence-electron chi connectivity index (χ0n) is 7.54. The molecule has 5 nitrogen and oxygen atoms in total. The minimum absolute atomic E-state index is 0.255. The lowest BCUT2D eigenvalue weighted by Crippen LogP contribution is -2.29. The number of carboxylic acids is 1. The van der Waals surface area contributed by atoms with Gasteiger partial charge < -0.3 is 5.11 Å². The highest BCUT2D eigenvalue weighted by atomic mass is 32.1. The molecule has 1 aromatic rings. The van der Waals surface area contributed by atoms with Crippen molar-refractivity contribution in [3.63, 3.8) is 0 Å². The molecular formula is C7H5F3N2O3S. The van der Waals surface area contributed by atoms with Gasteiger partial charge in [0.15, 0.2) is 5.13 Å². The molecule has 0 radical (unpaired) electrons. The zero-order chi connectivity index (χ0) is 12.3. The maximum absolute atomic E-state index is 11.8. The molecule has 0 saturated heterocycles. The molecule has 1 heterocycles. The average Bonchev–Trinajstić information content (AvgIpc) is 2.49. The van der Waals surface area contributed by atoms with E-state index in [2.05, 4.69) is 4.98 Å². The molecule has 0 aromatic carbocycles. The highest BCUT2D eigenvalue weighted by molar-refractivity contribution is 7.15. The number of carbonyl (C=O) groups is 2. The van der Waals surface area contributed by atoms with E-state index in [4.69, 9.17) is 5.11 Å². The summed E-state index contributed by atoms with van der Waals surface area (Å²) in [6, 6.07) is 0. The Hall–Kier alpha value is -1.64. The molecule has 0 saturated carbocycles. The standard InChI is InChI=1S/C7H5F3N2O3S/c8-7(9,10)5(15)12-6-11-2-3(16-6)1-4(13)14/h2H,1H2,(H,13,14)(H,11,12,15). The fourth-order valence-electron chi connectivity index (χ4n) is 0.764. The first kappa shape index (κ1) is 12.4. The van der Waals surface area contributed by atoms with Crippen LogP contribution < -0.4 is 5.32 Å². The second-order valence-electron chi connectivity index (χ2n) is 2.65. The lowest BCUT2D eigenvalue weighted by Gasteiger charge is -2.03. The third-order valence-electron chi connectivity index (χ3n) is 1.36. The van der Waals surface area contributed by atoms with Crippen LogP contribution in [0.4, 0.5) is 18.3 Å². The Labute approximate surface area is 90.9 Å². The van der Waals surface area contributed by atoms with Gasteiger partial charge >= 0.3 is 18.1 Å². The summed E-state index contributed by atoms with van der Waals surface area (Å²) in [5.41, 5.74) is 0. The molecule has 1 aromatic heterocycles. The number of amides is 1. The number of anilines is 1. The first-order valence-electron chi connectivity index (χ1n) is 3.83. The summed E-state index contributed by atoms with van der Waals surface area (Å²) in [6.45, 7) is 0. The Morgan fingerprint density at radius 1 is 1.50 bits per heavy atom. The van der Waals surface area contributed by atoms with E-state index in [1.54, 1.807) is 0 Å². The molecule has 0 aliphatic heterocycles. The van der Waals surface area contributed by atoms with E-state index in [0.717, 1.165) is 6.20 Å². The fourth-order valence-corrected chi connectivity index (χ4v) is 1.56. The van der Waals surface area contributed by atoms with Gasteiger partial charge in [-0.15, -0.1) is 11.3 Å². The maximum atomic E-state index is 11.8. The molecule has 16 heavy (non-hydrogen) atoms. The predicted octanol–water partition coefficient (Wildman–Crippen LogP) is 1.27. The van der Waals surface area contributed by atoms with Crippen LogP contribution >= 0.6 is 11.3 Å². The first-order chi connectivity index (χ1) is 7.29. The molecule has 0 atom stereocenters. The Morgan fingerprint density at radius 2 is 2.12 bits per heavy atom. The number of carbonyl (C=O) groups excluding carboxylic acids is 1. The molecule has 1 amide bonds. The summed E-state index contributed by atoms with van der Waals surface area (Å²) in [4.78, 5) is 24.5. The summed E-state index contributed by atoms with van der Waals surface area (Å²) >= 11 is 0.682. The van der Waals surface area contributed by atoms with Gasteiger partial charge in [-0.2, -0.15) is 13.2 Å². The van der Waals surface area contributed by atoms with Crippen molar-refractivity contribution in [2.75, 3.05) is 5.32 Å². The number of hydrogen-bond donors (Lipinski definition) is 2. The lowest BCUT2D eigenvalue weighted by molar-refractivity contribution is -0.167. The number of alkyl halides is 3. The third kappa shape index (κ3) is 3.50. The van der Waals surface area contributed by atoms with Gasteiger partial charge in [0.25, 0.3) is 0 Å². The van der Waals surface area contributed by atoms with E-state index < -0.39 is 18.1 Å². The van der Waals surface area contributed by atoms with E-state index in [9.17, 15) is 22.8 Å². The van der Waals surface area contributed by atoms with Crippen molar-refractivity contribution in [2.45, 2.75) is 12.6 Å². The minimum Gasteiger partial charge on any atom is -0.481 e. The third-order valence-corrected chi connectivity index (χ3v) is 2.27. The lowest BCUT2D eigenvalue weighted by atomic mass is 10.4. The van der Waals surface area contributed by atoms with Crippen molar-refractivity contribution >= 4 is 28.3 Å². The number of rotatable bonds is 3. The molecule has 0 bridgehead atoms. The number of hydrogen-bond acceptors (Lipinski definition) is 4. The molecule has 1 rings (SSSR count). The van der Waals surface area contributed by atoms with Crippen molar-refractivity contribution in [1.82, 2.24) is 4.98 Å². The molecule has 88 valence electrons. The largest absolute Gasteiger partial charge is 0.481 e. The SMILES string of the molecule is O=C(O)Cc1cnc(NC(=O)C(F)(F)F)s1. The van der Waals surface area contributed by atoms with Gasteiger partial charge in [0, 0.05) is 11.1 Å². The number of nitrogens with one attached hydrogen (secondary N) is 1. The van der Waals surface area contributed by atoms with Crippen molar-refractivity contribution in [3.05, 3.63) is 11.1 Å². The van der Waals surface area contributed by atoms with E-state index in [1.165, 1.54) is 5.32 Å². The quantitative estimate of drug-likeness (QED) is 0.851. The van der Waals surface area contributed by atoms with Crippen LogP contribution in [0.2, 0.25) is 0 Å². The second kappa shape index (κ2) is 4.47. The highest BCUT2D eigenvalue weighted by Crippen LogP contribution is 2.22. The van der Waals surface area contributed by atoms with Crippen LogP contribution in [0.15, 0.2) is 6.20 Å². The van der Waals surface area contributed by atoms with E-state index >= 15 is 0 Å². The maximum Gasteiger partial charge on any atom is 0.471 e. The molecule has 0 fully saturated rings. The normalized spacial score (nSPS) is 11.2. The number of nitrogens with zero attached hydrogens (tertiary/aromatic N) is 1.